The van der Waals surface area contributed by atoms with Crippen LogP contribution in [0.25, 0.3) is 0 Å². The third-order valence-electron chi connectivity index (χ3n) is 11.5. The molecule has 1 aliphatic heterocycles. The number of aliphatic hydroxyl groups is 1. The molecule has 2 heterocycles. The highest BCUT2D eigenvalue weighted by Gasteiger charge is 2.84. The molecule has 0 spiro atoms. The van der Waals surface area contributed by atoms with Gasteiger partial charge in [-0.05, 0) is 55.8 Å². The fourth-order valence-electron chi connectivity index (χ4n) is 10.0. The number of nitrogens with one attached hydrogen (secondary N) is 1. The number of β-amino-alcohol motifs (C(OH)–C–C–N with tert-alkyl or cyclic N) is 1. The third kappa shape index (κ3) is 3.76. The van der Waals surface area contributed by atoms with Crippen LogP contribution in [0.4, 0.5) is 0 Å². The van der Waals surface area contributed by atoms with Crippen molar-refractivity contribution in [1.82, 2.24) is 14.9 Å². The highest BCUT2D eigenvalue weighted by atomic mass is 16.7. The zero-order valence-electron chi connectivity index (χ0n) is 24.2. The van der Waals surface area contributed by atoms with E-state index < -0.39 is 34.6 Å². The van der Waals surface area contributed by atoms with Crippen LogP contribution in [0, 0.1) is 45.8 Å². The number of carboxylic acid groups (broad SMARTS) is 1. The first-order valence-corrected chi connectivity index (χ1v) is 15.2. The van der Waals surface area contributed by atoms with Crippen LogP contribution in [-0.4, -0.2) is 82.1 Å². The Hall–Kier alpha value is -2.07. The number of aliphatic hydroxyl groups excluding tert-OH is 1. The summed E-state index contributed by atoms with van der Waals surface area (Å²) < 4.78 is 12.8. The number of H-pyrrole nitrogens is 1. The molecule has 3 N–H and O–H groups in total. The number of aldehydes is 1. The first-order chi connectivity index (χ1) is 19.1. The highest BCUT2D eigenvalue weighted by Crippen LogP contribution is 2.82. The first kappa shape index (κ1) is 28.1. The summed E-state index contributed by atoms with van der Waals surface area (Å²) >= 11 is 0. The molecule has 0 radical (unpaired) electrons. The lowest BCUT2D eigenvalue weighted by Crippen LogP contribution is -2.63. The molecule has 3 saturated carbocycles. The number of allylic oxidation sites excluding steroid dienone is 1. The summed E-state index contributed by atoms with van der Waals surface area (Å²) in [7, 11) is 0. The van der Waals surface area contributed by atoms with Crippen LogP contribution in [0.2, 0.25) is 0 Å². The molecule has 0 aromatic carbocycles. The van der Waals surface area contributed by atoms with Crippen molar-refractivity contribution in [1.29, 1.82) is 0 Å². The van der Waals surface area contributed by atoms with E-state index in [4.69, 9.17) is 9.47 Å². The molecule has 9 heteroatoms. The van der Waals surface area contributed by atoms with Gasteiger partial charge in [0.25, 0.3) is 0 Å². The Morgan fingerprint density at radius 3 is 2.77 bits per heavy atom. The molecule has 1 saturated heterocycles. The molecule has 6 rings (SSSR count). The maximum atomic E-state index is 13.6. The van der Waals surface area contributed by atoms with Gasteiger partial charge in [0.05, 0.1) is 18.1 Å². The molecule has 10 atom stereocenters. The Morgan fingerprint density at radius 1 is 1.30 bits per heavy atom. The number of imidazole rings is 1. The molecule has 4 bridgehead atoms. The van der Waals surface area contributed by atoms with Crippen molar-refractivity contribution in [2.45, 2.75) is 78.3 Å². The van der Waals surface area contributed by atoms with Crippen molar-refractivity contribution in [3.8, 4) is 0 Å². The summed E-state index contributed by atoms with van der Waals surface area (Å²) in [6.45, 7) is 10.3. The SMILES string of the molecule is CC(C)C1=CC2CC3(C=O)[C@@H]4CC[C@@H](C)[C@H]4CC2(CO[C@@H]2O[C@H](C)CN(CCc4ncc[nH]4)C[C@@H]2O)[C@]13C(=O)O. The number of hydrogen-bond acceptors (Lipinski definition) is 7. The summed E-state index contributed by atoms with van der Waals surface area (Å²) in [5, 5.41) is 22.4. The molecular formula is C31H45N3O6. The largest absolute Gasteiger partial charge is 0.481 e. The highest BCUT2D eigenvalue weighted by molar-refractivity contribution is 5.90. The number of rotatable bonds is 9. The number of fused-ring (bicyclic) bond motifs is 2. The van der Waals surface area contributed by atoms with Gasteiger partial charge in [-0.15, -0.1) is 0 Å². The number of aromatic nitrogens is 2. The standard InChI is InChI=1S/C31H45N3O6/c1-18(2)24-11-21-12-29(16-35)23-6-5-19(3)22(23)13-30(21,31(24,29)28(37)38)17-39-27-25(36)15-34(14-20(4)40-27)10-7-26-32-8-9-33-26/h8-9,11,16,18-23,25,27,36H,5-7,10,12-15,17H2,1-4H3,(H,32,33)(H,37,38)/t19-,20-,21?,22-,23-,25+,27-,29?,30?,31+/m1/s1. The Balaban J connectivity index is 1.29. The smallest absolute Gasteiger partial charge is 0.315 e. The number of aromatic amines is 1. The van der Waals surface area contributed by atoms with Crippen LogP contribution >= 0.6 is 0 Å². The van der Waals surface area contributed by atoms with Crippen LogP contribution < -0.4 is 0 Å². The summed E-state index contributed by atoms with van der Waals surface area (Å²) in [4.78, 5) is 36.4. The molecule has 4 aliphatic carbocycles. The lowest BCUT2D eigenvalue weighted by molar-refractivity contribution is -0.235. The van der Waals surface area contributed by atoms with Gasteiger partial charge in [-0.1, -0.05) is 38.8 Å². The van der Waals surface area contributed by atoms with E-state index in [1.165, 1.54) is 0 Å². The molecular weight excluding hydrogens is 510 g/mol. The van der Waals surface area contributed by atoms with Gasteiger partial charge in [-0.3, -0.25) is 9.69 Å². The minimum atomic E-state index is -1.29. The van der Waals surface area contributed by atoms with Gasteiger partial charge in [-0.25, -0.2) is 4.98 Å². The summed E-state index contributed by atoms with van der Waals surface area (Å²) in [6.07, 6.45) is 8.81. The third-order valence-corrected chi connectivity index (χ3v) is 11.5. The van der Waals surface area contributed by atoms with Crippen molar-refractivity contribution < 1.29 is 29.3 Å². The van der Waals surface area contributed by atoms with Gasteiger partial charge in [0, 0.05) is 43.9 Å². The summed E-state index contributed by atoms with van der Waals surface area (Å²) in [5.41, 5.74) is -2.06. The summed E-state index contributed by atoms with van der Waals surface area (Å²) in [5.74, 6) is 0.797. The second-order valence-corrected chi connectivity index (χ2v) is 13.7. The van der Waals surface area contributed by atoms with Gasteiger partial charge in [0.15, 0.2) is 6.29 Å². The van der Waals surface area contributed by atoms with Crippen LogP contribution in [0.15, 0.2) is 24.0 Å². The molecule has 5 aliphatic rings. The number of carbonyl (C=O) groups excluding carboxylic acids is 1. The Morgan fingerprint density at radius 2 is 2.10 bits per heavy atom. The quantitative estimate of drug-likeness (QED) is 0.313. The van der Waals surface area contributed by atoms with Crippen molar-refractivity contribution >= 4 is 12.3 Å². The van der Waals surface area contributed by atoms with Gasteiger partial charge in [0.1, 0.15) is 23.6 Å². The molecule has 40 heavy (non-hydrogen) atoms. The van der Waals surface area contributed by atoms with Crippen molar-refractivity contribution in [2.75, 3.05) is 26.2 Å². The minimum Gasteiger partial charge on any atom is -0.481 e. The number of carbonyl (C=O) groups is 2. The van der Waals surface area contributed by atoms with Gasteiger partial charge in [0.2, 0.25) is 0 Å². The lowest BCUT2D eigenvalue weighted by atomic mass is 9.43. The van der Waals surface area contributed by atoms with E-state index in [0.29, 0.717) is 31.3 Å². The van der Waals surface area contributed by atoms with Gasteiger partial charge >= 0.3 is 5.97 Å². The molecule has 1 aromatic heterocycles. The Kier molecular flexibility index (Phi) is 7.04. The van der Waals surface area contributed by atoms with E-state index in [9.17, 15) is 19.8 Å². The van der Waals surface area contributed by atoms with E-state index in [0.717, 1.165) is 49.9 Å². The average Bonchev–Trinajstić information content (AvgIpc) is 3.64. The zero-order valence-corrected chi connectivity index (χ0v) is 24.2. The maximum absolute atomic E-state index is 13.6. The molecule has 220 valence electrons. The van der Waals surface area contributed by atoms with E-state index in [2.05, 4.69) is 27.9 Å². The van der Waals surface area contributed by atoms with Crippen molar-refractivity contribution in [2.24, 2.45) is 45.8 Å². The van der Waals surface area contributed by atoms with E-state index in [-0.39, 0.29) is 30.5 Å². The molecule has 9 nitrogen and oxygen atoms in total. The summed E-state index contributed by atoms with van der Waals surface area (Å²) in [6, 6.07) is 0. The first-order valence-electron chi connectivity index (χ1n) is 15.2. The van der Waals surface area contributed by atoms with Crippen molar-refractivity contribution in [3.63, 3.8) is 0 Å². The number of carboxylic acids is 1. The average molecular weight is 556 g/mol. The number of ether oxygens (including phenoxy) is 2. The van der Waals surface area contributed by atoms with E-state index in [1.54, 1.807) is 12.4 Å². The van der Waals surface area contributed by atoms with Crippen LogP contribution in [0.5, 0.6) is 0 Å². The van der Waals surface area contributed by atoms with Gasteiger partial charge in [-0.2, -0.15) is 0 Å². The monoisotopic (exact) mass is 555 g/mol. The molecule has 3 unspecified atom stereocenters. The second-order valence-electron chi connectivity index (χ2n) is 13.7. The molecule has 1 aromatic rings. The van der Waals surface area contributed by atoms with Crippen molar-refractivity contribution in [3.05, 3.63) is 29.9 Å². The zero-order chi connectivity index (χ0) is 28.4. The number of aliphatic carboxylic acids is 1. The fraction of sp³-hybridized carbons (Fsp3) is 0.774. The predicted octanol–water partition coefficient (Wildman–Crippen LogP) is 3.30. The maximum Gasteiger partial charge on any atom is 0.315 e. The molecule has 0 amide bonds. The second kappa shape index (κ2) is 10.0. The number of nitrogens with zero attached hydrogens (tertiary/aromatic N) is 2. The van der Waals surface area contributed by atoms with Crippen LogP contribution in [0.1, 0.15) is 59.2 Å². The minimum absolute atomic E-state index is 0.0120. The van der Waals surface area contributed by atoms with Crippen LogP contribution in [-0.2, 0) is 25.5 Å². The molecule has 4 fully saturated rings. The fourth-order valence-corrected chi connectivity index (χ4v) is 10.0. The Bertz CT molecular complexity index is 1150. The Labute approximate surface area is 236 Å². The normalized spacial score (nSPS) is 44.5. The van der Waals surface area contributed by atoms with E-state index in [1.807, 2.05) is 20.8 Å². The topological polar surface area (TPSA) is 125 Å². The van der Waals surface area contributed by atoms with E-state index >= 15 is 0 Å². The lowest BCUT2D eigenvalue weighted by Gasteiger charge is -2.58. The van der Waals surface area contributed by atoms with Crippen LogP contribution in [0.3, 0.4) is 0 Å². The van der Waals surface area contributed by atoms with Gasteiger partial charge < -0.3 is 29.5 Å². The number of hydrogen-bond donors (Lipinski definition) is 3. The predicted molar refractivity (Wildman–Crippen MR) is 147 cm³/mol.